The van der Waals surface area contributed by atoms with Crippen LogP contribution in [0.25, 0.3) is 0 Å². The van der Waals surface area contributed by atoms with Crippen LogP contribution in [0.3, 0.4) is 0 Å². The summed E-state index contributed by atoms with van der Waals surface area (Å²) in [5, 5.41) is 8.82. The monoisotopic (exact) mass is 256 g/mol. The minimum absolute atomic E-state index is 0.707. The largest absolute Gasteiger partial charge is 0.381 e. The predicted molar refractivity (Wildman–Crippen MR) is 73.5 cm³/mol. The molecule has 1 saturated heterocycles. The molecule has 0 N–H and O–H groups in total. The Labute approximate surface area is 114 Å². The molecule has 1 aliphatic heterocycles. The van der Waals surface area contributed by atoms with Crippen LogP contribution in [0.4, 0.5) is 0 Å². The first-order chi connectivity index (χ1) is 9.35. The lowest BCUT2D eigenvalue weighted by molar-refractivity contribution is 0.161. The second-order valence-electron chi connectivity index (χ2n) is 5.70. The Morgan fingerprint density at radius 1 is 1.21 bits per heavy atom. The summed E-state index contributed by atoms with van der Waals surface area (Å²) in [6.45, 7) is 4.02. The van der Waals surface area contributed by atoms with E-state index in [9.17, 15) is 0 Å². The number of nitrogens with zero attached hydrogens (tertiary/aromatic N) is 2. The van der Waals surface area contributed by atoms with Crippen LogP contribution in [0.1, 0.15) is 30.4 Å². The predicted octanol–water partition coefficient (Wildman–Crippen LogP) is 2.56. The van der Waals surface area contributed by atoms with Crippen molar-refractivity contribution in [1.29, 1.82) is 5.26 Å². The minimum Gasteiger partial charge on any atom is -0.381 e. The van der Waals surface area contributed by atoms with Gasteiger partial charge in [0.2, 0.25) is 0 Å². The molecule has 0 aromatic heterocycles. The maximum atomic E-state index is 8.82. The van der Waals surface area contributed by atoms with Gasteiger partial charge in [-0.25, -0.2) is 0 Å². The van der Waals surface area contributed by atoms with Crippen molar-refractivity contribution in [2.24, 2.45) is 5.92 Å². The van der Waals surface area contributed by atoms with E-state index < -0.39 is 0 Å². The van der Waals surface area contributed by atoms with Crippen LogP contribution in [0.5, 0.6) is 0 Å². The van der Waals surface area contributed by atoms with Crippen molar-refractivity contribution in [2.75, 3.05) is 19.8 Å². The molecule has 3 nitrogen and oxygen atoms in total. The molecule has 1 aromatic carbocycles. The van der Waals surface area contributed by atoms with E-state index in [-0.39, 0.29) is 0 Å². The van der Waals surface area contributed by atoms with Gasteiger partial charge in [-0.15, -0.1) is 0 Å². The Kier molecular flexibility index (Phi) is 3.82. The molecule has 2 aliphatic rings. The first-order valence-electron chi connectivity index (χ1n) is 7.16. The Balaban J connectivity index is 1.61. The van der Waals surface area contributed by atoms with Gasteiger partial charge >= 0.3 is 0 Å². The standard InChI is InChI=1S/C16H20N2O/c17-9-13-1-3-14(4-2-13)10-18(16-5-6-16)11-15-7-8-19-12-15/h1-4,15-16H,5-8,10-12H2/t15-/m0/s1. The highest BCUT2D eigenvalue weighted by Crippen LogP contribution is 2.30. The van der Waals surface area contributed by atoms with Crippen LogP contribution in [0.2, 0.25) is 0 Å². The van der Waals surface area contributed by atoms with Gasteiger partial charge in [0, 0.05) is 25.7 Å². The molecule has 1 saturated carbocycles. The summed E-state index contributed by atoms with van der Waals surface area (Å²) in [5.41, 5.74) is 2.05. The fraction of sp³-hybridized carbons (Fsp3) is 0.562. The third-order valence-electron chi connectivity index (χ3n) is 4.05. The van der Waals surface area contributed by atoms with E-state index in [0.29, 0.717) is 5.92 Å². The van der Waals surface area contributed by atoms with Crippen LogP contribution in [0.15, 0.2) is 24.3 Å². The molecule has 1 aliphatic carbocycles. The van der Waals surface area contributed by atoms with Crippen LogP contribution in [-0.4, -0.2) is 30.7 Å². The van der Waals surface area contributed by atoms with Gasteiger partial charge in [0.1, 0.15) is 0 Å². The maximum absolute atomic E-state index is 8.82. The zero-order valence-corrected chi connectivity index (χ0v) is 11.2. The number of hydrogen-bond acceptors (Lipinski definition) is 3. The van der Waals surface area contributed by atoms with Crippen molar-refractivity contribution in [2.45, 2.75) is 31.8 Å². The highest BCUT2D eigenvalue weighted by Gasteiger charge is 2.31. The summed E-state index contributed by atoms with van der Waals surface area (Å²) in [4.78, 5) is 2.60. The molecule has 0 amide bonds. The normalized spacial score (nSPS) is 22.6. The van der Waals surface area contributed by atoms with E-state index in [1.54, 1.807) is 0 Å². The van der Waals surface area contributed by atoms with Crippen molar-refractivity contribution >= 4 is 0 Å². The van der Waals surface area contributed by atoms with Crippen LogP contribution >= 0.6 is 0 Å². The lowest BCUT2D eigenvalue weighted by atomic mass is 10.1. The van der Waals surface area contributed by atoms with Crippen LogP contribution in [-0.2, 0) is 11.3 Å². The molecule has 100 valence electrons. The molecule has 1 heterocycles. The van der Waals surface area contributed by atoms with E-state index in [1.807, 2.05) is 12.1 Å². The van der Waals surface area contributed by atoms with Crippen molar-refractivity contribution in [3.8, 4) is 6.07 Å². The Morgan fingerprint density at radius 2 is 2.00 bits per heavy atom. The van der Waals surface area contributed by atoms with E-state index in [0.717, 1.165) is 37.9 Å². The summed E-state index contributed by atoms with van der Waals surface area (Å²) in [5.74, 6) is 0.707. The van der Waals surface area contributed by atoms with Gasteiger partial charge < -0.3 is 4.74 Å². The van der Waals surface area contributed by atoms with E-state index >= 15 is 0 Å². The van der Waals surface area contributed by atoms with E-state index in [2.05, 4.69) is 23.1 Å². The van der Waals surface area contributed by atoms with Gasteiger partial charge in [0.05, 0.1) is 18.2 Å². The molecule has 0 spiro atoms. The fourth-order valence-electron chi connectivity index (χ4n) is 2.76. The van der Waals surface area contributed by atoms with Gasteiger partial charge in [-0.2, -0.15) is 5.26 Å². The number of ether oxygens (including phenoxy) is 1. The summed E-state index contributed by atoms with van der Waals surface area (Å²) >= 11 is 0. The maximum Gasteiger partial charge on any atom is 0.0991 e. The molecule has 2 fully saturated rings. The summed E-state index contributed by atoms with van der Waals surface area (Å²) < 4.78 is 5.48. The number of nitriles is 1. The van der Waals surface area contributed by atoms with Gasteiger partial charge in [-0.05, 0) is 42.9 Å². The molecule has 3 rings (SSSR count). The Bertz CT molecular complexity index is 453. The SMILES string of the molecule is N#Cc1ccc(CN(C[C@@H]2CCOC2)C2CC2)cc1. The summed E-state index contributed by atoms with van der Waals surface area (Å²) in [6, 6.07) is 10.9. The molecule has 19 heavy (non-hydrogen) atoms. The first-order valence-corrected chi connectivity index (χ1v) is 7.16. The number of rotatable bonds is 5. The van der Waals surface area contributed by atoms with Crippen molar-refractivity contribution in [3.05, 3.63) is 35.4 Å². The highest BCUT2D eigenvalue weighted by atomic mass is 16.5. The van der Waals surface area contributed by atoms with Crippen LogP contribution in [0, 0.1) is 17.2 Å². The van der Waals surface area contributed by atoms with Crippen LogP contribution < -0.4 is 0 Å². The van der Waals surface area contributed by atoms with Gasteiger partial charge in [0.25, 0.3) is 0 Å². The second-order valence-corrected chi connectivity index (χ2v) is 5.70. The molecule has 1 aromatic rings. The van der Waals surface area contributed by atoms with Crippen molar-refractivity contribution in [3.63, 3.8) is 0 Å². The lowest BCUT2D eigenvalue weighted by Gasteiger charge is -2.24. The Hall–Kier alpha value is -1.37. The quantitative estimate of drug-likeness (QED) is 0.812. The molecule has 0 unspecified atom stereocenters. The zero-order chi connectivity index (χ0) is 13.1. The molecule has 3 heteroatoms. The summed E-state index contributed by atoms with van der Waals surface area (Å²) in [7, 11) is 0. The number of hydrogen-bond donors (Lipinski definition) is 0. The second kappa shape index (κ2) is 5.73. The molecule has 0 radical (unpaired) electrons. The van der Waals surface area contributed by atoms with E-state index in [4.69, 9.17) is 10.00 Å². The van der Waals surface area contributed by atoms with Gasteiger partial charge in [0.15, 0.2) is 0 Å². The lowest BCUT2D eigenvalue weighted by Crippen LogP contribution is -2.31. The minimum atomic E-state index is 0.707. The smallest absolute Gasteiger partial charge is 0.0991 e. The molecule has 0 bridgehead atoms. The number of benzene rings is 1. The van der Waals surface area contributed by atoms with E-state index in [1.165, 1.54) is 24.8 Å². The topological polar surface area (TPSA) is 36.3 Å². The fourth-order valence-corrected chi connectivity index (χ4v) is 2.76. The Morgan fingerprint density at radius 3 is 2.58 bits per heavy atom. The highest BCUT2D eigenvalue weighted by molar-refractivity contribution is 5.31. The van der Waals surface area contributed by atoms with Crippen molar-refractivity contribution < 1.29 is 4.74 Å². The zero-order valence-electron chi connectivity index (χ0n) is 11.2. The average Bonchev–Trinajstić information content (AvgIpc) is 3.17. The first kappa shape index (κ1) is 12.7. The van der Waals surface area contributed by atoms with Crippen molar-refractivity contribution in [1.82, 2.24) is 4.90 Å². The third kappa shape index (κ3) is 3.34. The average molecular weight is 256 g/mol. The van der Waals surface area contributed by atoms with Gasteiger partial charge in [-0.1, -0.05) is 12.1 Å². The molecular formula is C16H20N2O. The third-order valence-corrected chi connectivity index (χ3v) is 4.05. The molecule has 1 atom stereocenters. The molecular weight excluding hydrogens is 236 g/mol. The van der Waals surface area contributed by atoms with Gasteiger partial charge in [-0.3, -0.25) is 4.90 Å². The summed E-state index contributed by atoms with van der Waals surface area (Å²) in [6.07, 6.45) is 3.88.